The highest BCUT2D eigenvalue weighted by Gasteiger charge is 2.44. The molecule has 1 spiro atoms. The van der Waals surface area contributed by atoms with Gasteiger partial charge >= 0.3 is 5.69 Å². The summed E-state index contributed by atoms with van der Waals surface area (Å²) in [6.07, 6.45) is 3.49. The van der Waals surface area contributed by atoms with Crippen LogP contribution < -0.4 is 4.90 Å². The van der Waals surface area contributed by atoms with Crippen LogP contribution in [0.15, 0.2) is 42.6 Å². The molecule has 1 atom stereocenters. The standard InChI is InChI=1S/C17H17N3O3/c21-20(22)15-6-3-9-18-16(15)19-10-11-23-17(12-19)8-7-13-4-1-2-5-14(13)17/h1-6,9H,7-8,10-12H2. The molecule has 118 valence electrons. The van der Waals surface area contributed by atoms with Crippen LogP contribution >= 0.6 is 0 Å². The number of nitrogens with zero attached hydrogens (tertiary/aromatic N) is 3. The first kappa shape index (κ1) is 14.1. The summed E-state index contributed by atoms with van der Waals surface area (Å²) in [6, 6.07) is 11.4. The summed E-state index contributed by atoms with van der Waals surface area (Å²) >= 11 is 0. The lowest BCUT2D eigenvalue weighted by Crippen LogP contribution is -2.49. The monoisotopic (exact) mass is 311 g/mol. The molecule has 0 amide bonds. The van der Waals surface area contributed by atoms with Gasteiger partial charge in [0.05, 0.1) is 18.1 Å². The number of hydrogen-bond acceptors (Lipinski definition) is 5. The Labute approximate surface area is 133 Å². The van der Waals surface area contributed by atoms with E-state index in [0.717, 1.165) is 12.8 Å². The van der Waals surface area contributed by atoms with Crippen molar-refractivity contribution in [1.29, 1.82) is 0 Å². The molecule has 0 radical (unpaired) electrons. The molecule has 23 heavy (non-hydrogen) atoms. The molecule has 6 heteroatoms. The van der Waals surface area contributed by atoms with Gasteiger partial charge in [-0.2, -0.15) is 0 Å². The molecule has 1 aromatic heterocycles. The maximum atomic E-state index is 11.3. The topological polar surface area (TPSA) is 68.5 Å². The maximum absolute atomic E-state index is 11.3. The Kier molecular flexibility index (Phi) is 3.27. The first-order chi connectivity index (χ1) is 11.2. The molecular formula is C17H17N3O3. The van der Waals surface area contributed by atoms with Crippen molar-refractivity contribution in [3.63, 3.8) is 0 Å². The second-order valence-corrected chi connectivity index (χ2v) is 6.02. The van der Waals surface area contributed by atoms with E-state index in [0.29, 0.717) is 25.5 Å². The lowest BCUT2D eigenvalue weighted by molar-refractivity contribution is -0.384. The minimum absolute atomic E-state index is 0.0517. The van der Waals surface area contributed by atoms with Crippen LogP contribution in [0.25, 0.3) is 0 Å². The van der Waals surface area contributed by atoms with Gasteiger partial charge < -0.3 is 9.64 Å². The van der Waals surface area contributed by atoms with Gasteiger partial charge in [-0.3, -0.25) is 10.1 Å². The normalized spacial score (nSPS) is 23.0. The summed E-state index contributed by atoms with van der Waals surface area (Å²) in [6.45, 7) is 1.76. The van der Waals surface area contributed by atoms with E-state index < -0.39 is 0 Å². The van der Waals surface area contributed by atoms with Crippen molar-refractivity contribution in [2.45, 2.75) is 18.4 Å². The van der Waals surface area contributed by atoms with Crippen LogP contribution in [0.4, 0.5) is 11.5 Å². The van der Waals surface area contributed by atoms with Crippen LogP contribution in [0.3, 0.4) is 0 Å². The number of nitro groups is 1. The number of anilines is 1. The minimum atomic E-state index is -0.375. The average molecular weight is 311 g/mol. The average Bonchev–Trinajstić information content (AvgIpc) is 2.93. The fraction of sp³-hybridized carbons (Fsp3) is 0.353. The van der Waals surface area contributed by atoms with Crippen molar-refractivity contribution >= 4 is 11.5 Å². The van der Waals surface area contributed by atoms with Gasteiger partial charge in [-0.1, -0.05) is 24.3 Å². The number of aromatic nitrogens is 1. The summed E-state index contributed by atoms with van der Waals surface area (Å²) < 4.78 is 6.17. The molecule has 2 heterocycles. The van der Waals surface area contributed by atoms with Crippen LogP contribution in [-0.2, 0) is 16.8 Å². The molecule has 6 nitrogen and oxygen atoms in total. The van der Waals surface area contributed by atoms with Gasteiger partial charge in [-0.05, 0) is 30.0 Å². The second-order valence-electron chi connectivity index (χ2n) is 6.02. The summed E-state index contributed by atoms with van der Waals surface area (Å²) in [5.74, 6) is 0.435. The van der Waals surface area contributed by atoms with Crippen molar-refractivity contribution in [2.75, 3.05) is 24.6 Å². The van der Waals surface area contributed by atoms with Crippen molar-refractivity contribution < 1.29 is 9.66 Å². The number of hydrogen-bond donors (Lipinski definition) is 0. The molecule has 4 rings (SSSR count). The predicted octanol–water partition coefficient (Wildman–Crippen LogP) is 2.67. The van der Waals surface area contributed by atoms with E-state index in [1.54, 1.807) is 12.3 Å². The van der Waals surface area contributed by atoms with Crippen LogP contribution in [0.2, 0.25) is 0 Å². The second kappa shape index (κ2) is 5.31. The van der Waals surface area contributed by atoms with Crippen LogP contribution in [0, 0.1) is 10.1 Å². The van der Waals surface area contributed by atoms with Crippen molar-refractivity contribution in [3.05, 3.63) is 63.8 Å². The molecule has 1 aliphatic heterocycles. The molecule has 2 aromatic rings. The molecule has 1 aliphatic carbocycles. The number of pyridine rings is 1. The van der Waals surface area contributed by atoms with Gasteiger partial charge in [0.1, 0.15) is 5.60 Å². The lowest BCUT2D eigenvalue weighted by atomic mass is 9.93. The Morgan fingerprint density at radius 3 is 3.00 bits per heavy atom. The first-order valence-corrected chi connectivity index (χ1v) is 7.76. The number of rotatable bonds is 2. The Morgan fingerprint density at radius 1 is 1.26 bits per heavy atom. The molecule has 1 saturated heterocycles. The number of fused-ring (bicyclic) bond motifs is 2. The minimum Gasteiger partial charge on any atom is -0.367 e. The third-order valence-electron chi connectivity index (χ3n) is 4.75. The summed E-state index contributed by atoms with van der Waals surface area (Å²) in [7, 11) is 0. The van der Waals surface area contributed by atoms with Gasteiger partial charge in [0.25, 0.3) is 0 Å². The fourth-order valence-corrected chi connectivity index (χ4v) is 3.71. The zero-order valence-electron chi connectivity index (χ0n) is 12.6. The third kappa shape index (κ3) is 2.26. The predicted molar refractivity (Wildman–Crippen MR) is 85.5 cm³/mol. The fourth-order valence-electron chi connectivity index (χ4n) is 3.71. The quantitative estimate of drug-likeness (QED) is 0.630. The van der Waals surface area contributed by atoms with E-state index >= 15 is 0 Å². The molecule has 0 bridgehead atoms. The van der Waals surface area contributed by atoms with E-state index in [4.69, 9.17) is 4.74 Å². The number of benzene rings is 1. The van der Waals surface area contributed by atoms with E-state index in [9.17, 15) is 10.1 Å². The summed E-state index contributed by atoms with van der Waals surface area (Å²) in [5.41, 5.74) is 2.20. The zero-order valence-corrected chi connectivity index (χ0v) is 12.6. The van der Waals surface area contributed by atoms with E-state index in [1.165, 1.54) is 17.2 Å². The summed E-state index contributed by atoms with van der Waals surface area (Å²) in [4.78, 5) is 17.2. The molecule has 2 aliphatic rings. The van der Waals surface area contributed by atoms with E-state index in [1.807, 2.05) is 17.0 Å². The number of morpholine rings is 1. The first-order valence-electron chi connectivity index (χ1n) is 7.76. The van der Waals surface area contributed by atoms with Gasteiger partial charge in [0.2, 0.25) is 5.82 Å². The van der Waals surface area contributed by atoms with Crippen LogP contribution in [0.5, 0.6) is 0 Å². The zero-order chi connectivity index (χ0) is 15.9. The molecule has 1 fully saturated rings. The third-order valence-corrected chi connectivity index (χ3v) is 4.75. The smallest absolute Gasteiger partial charge is 0.311 e. The van der Waals surface area contributed by atoms with Crippen LogP contribution in [0.1, 0.15) is 17.5 Å². The molecule has 0 saturated carbocycles. The van der Waals surface area contributed by atoms with Gasteiger partial charge in [-0.25, -0.2) is 4.98 Å². The Morgan fingerprint density at radius 2 is 2.13 bits per heavy atom. The van der Waals surface area contributed by atoms with Gasteiger partial charge in [-0.15, -0.1) is 0 Å². The van der Waals surface area contributed by atoms with E-state index in [-0.39, 0.29) is 16.2 Å². The highest BCUT2D eigenvalue weighted by Crippen LogP contribution is 2.43. The van der Waals surface area contributed by atoms with Gasteiger partial charge in [0.15, 0.2) is 0 Å². The van der Waals surface area contributed by atoms with Crippen molar-refractivity contribution in [3.8, 4) is 0 Å². The highest BCUT2D eigenvalue weighted by molar-refractivity contribution is 5.58. The Hall–Kier alpha value is -2.47. The van der Waals surface area contributed by atoms with Crippen LogP contribution in [-0.4, -0.2) is 29.6 Å². The number of aryl methyl sites for hydroxylation is 1. The molecular weight excluding hydrogens is 294 g/mol. The highest BCUT2D eigenvalue weighted by atomic mass is 16.6. The maximum Gasteiger partial charge on any atom is 0.311 e. The molecule has 1 unspecified atom stereocenters. The van der Waals surface area contributed by atoms with E-state index in [2.05, 4.69) is 17.1 Å². The largest absolute Gasteiger partial charge is 0.367 e. The SMILES string of the molecule is O=[N+]([O-])c1cccnc1N1CCOC2(CCc3ccccc32)C1. The number of ether oxygens (including phenoxy) is 1. The van der Waals surface area contributed by atoms with Crippen molar-refractivity contribution in [2.24, 2.45) is 0 Å². The summed E-state index contributed by atoms with van der Waals surface area (Å²) in [5, 5.41) is 11.3. The molecule has 1 aromatic carbocycles. The Balaban J connectivity index is 1.71. The molecule has 0 N–H and O–H groups in total. The van der Waals surface area contributed by atoms with Gasteiger partial charge in [0, 0.05) is 18.8 Å². The van der Waals surface area contributed by atoms with Crippen molar-refractivity contribution in [1.82, 2.24) is 4.98 Å². The Bertz CT molecular complexity index is 760. The lowest BCUT2D eigenvalue weighted by Gasteiger charge is -2.41.